The minimum atomic E-state index is -4.75. The van der Waals surface area contributed by atoms with Crippen molar-refractivity contribution in [2.24, 2.45) is 0 Å². The molecule has 9 nitrogen and oxygen atoms in total. The van der Waals surface area contributed by atoms with Gasteiger partial charge < -0.3 is 15.7 Å². The van der Waals surface area contributed by atoms with Crippen LogP contribution in [0.4, 0.5) is 29.2 Å². The van der Waals surface area contributed by atoms with Gasteiger partial charge >= 0.3 is 6.18 Å². The summed E-state index contributed by atoms with van der Waals surface area (Å²) in [7, 11) is 0. The number of nitrogens with zero attached hydrogens (tertiary/aromatic N) is 5. The van der Waals surface area contributed by atoms with Crippen molar-refractivity contribution in [2.75, 3.05) is 11.9 Å². The predicted molar refractivity (Wildman–Crippen MR) is 127 cm³/mol. The van der Waals surface area contributed by atoms with E-state index in [0.717, 1.165) is 41.5 Å². The molecular weight excluding hydrogens is 494 g/mol. The van der Waals surface area contributed by atoms with Crippen LogP contribution in [-0.2, 0) is 25.1 Å². The summed E-state index contributed by atoms with van der Waals surface area (Å²) in [6.07, 6.45) is -2.72. The Morgan fingerprint density at radius 2 is 1.92 bits per heavy atom. The maximum Gasteiger partial charge on any atom is 0.408 e. The van der Waals surface area contributed by atoms with Crippen molar-refractivity contribution in [3.8, 4) is 5.82 Å². The number of nitrogens with one attached hydrogen (secondary N) is 2. The molecule has 13 heteroatoms. The van der Waals surface area contributed by atoms with Crippen LogP contribution >= 0.6 is 0 Å². The van der Waals surface area contributed by atoms with Crippen LogP contribution in [0.1, 0.15) is 30.7 Å². The molecule has 1 aliphatic rings. The normalized spacial score (nSPS) is 14.1. The fourth-order valence-corrected chi connectivity index (χ4v) is 4.30. The molecule has 0 bridgehead atoms. The molecule has 37 heavy (non-hydrogen) atoms. The van der Waals surface area contributed by atoms with Crippen molar-refractivity contribution >= 4 is 22.7 Å². The number of alkyl halides is 3. The minimum absolute atomic E-state index is 0.0407. The Kier molecular flexibility index (Phi) is 5.99. The van der Waals surface area contributed by atoms with Gasteiger partial charge in [0.15, 0.2) is 11.5 Å². The van der Waals surface area contributed by atoms with E-state index in [0.29, 0.717) is 16.9 Å². The molecular formula is C24H23F4N7O2. The summed E-state index contributed by atoms with van der Waals surface area (Å²) in [5, 5.41) is 16.4. The van der Waals surface area contributed by atoms with E-state index >= 15 is 0 Å². The Morgan fingerprint density at radius 3 is 2.65 bits per heavy atom. The lowest BCUT2D eigenvalue weighted by molar-refractivity contribution is -0.144. The van der Waals surface area contributed by atoms with E-state index in [-0.39, 0.29) is 22.8 Å². The van der Waals surface area contributed by atoms with Gasteiger partial charge in [-0.2, -0.15) is 18.2 Å². The smallest absolute Gasteiger partial charge is 0.384 e. The first-order chi connectivity index (χ1) is 17.4. The maximum absolute atomic E-state index is 14.4. The summed E-state index contributed by atoms with van der Waals surface area (Å²) in [4.78, 5) is 25.5. The molecule has 3 aromatic heterocycles. The third-order valence-corrected chi connectivity index (χ3v) is 5.98. The molecule has 4 heterocycles. The van der Waals surface area contributed by atoms with Gasteiger partial charge in [-0.15, -0.1) is 0 Å². The zero-order valence-electron chi connectivity index (χ0n) is 19.9. The minimum Gasteiger partial charge on any atom is -0.384 e. The number of benzene rings is 1. The van der Waals surface area contributed by atoms with Gasteiger partial charge in [-0.25, -0.2) is 23.7 Å². The van der Waals surface area contributed by atoms with Crippen molar-refractivity contribution in [1.82, 2.24) is 29.6 Å². The lowest BCUT2D eigenvalue weighted by Gasteiger charge is -2.19. The monoisotopic (exact) mass is 517 g/mol. The molecule has 0 amide bonds. The summed E-state index contributed by atoms with van der Waals surface area (Å²) < 4.78 is 56.0. The van der Waals surface area contributed by atoms with E-state index in [2.05, 4.69) is 25.6 Å². The number of anilines is 2. The van der Waals surface area contributed by atoms with E-state index in [1.165, 1.54) is 19.4 Å². The second-order valence-electron chi connectivity index (χ2n) is 9.31. The highest BCUT2D eigenvalue weighted by Crippen LogP contribution is 2.26. The highest BCUT2D eigenvalue weighted by atomic mass is 19.4. The highest BCUT2D eigenvalue weighted by molar-refractivity contribution is 5.77. The van der Waals surface area contributed by atoms with E-state index in [4.69, 9.17) is 0 Å². The van der Waals surface area contributed by atoms with E-state index in [1.807, 2.05) is 18.2 Å². The molecule has 3 N–H and O–H groups in total. The number of fused-ring (bicyclic) bond motifs is 2. The van der Waals surface area contributed by atoms with Crippen LogP contribution in [0.25, 0.3) is 16.9 Å². The quantitative estimate of drug-likeness (QED) is 0.349. The molecule has 0 saturated carbocycles. The first-order valence-electron chi connectivity index (χ1n) is 11.5. The molecule has 0 atom stereocenters. The zero-order valence-corrected chi connectivity index (χ0v) is 19.9. The average molecular weight is 517 g/mol. The van der Waals surface area contributed by atoms with E-state index < -0.39 is 35.4 Å². The molecule has 1 aliphatic heterocycles. The fraction of sp³-hybridized carbons (Fsp3) is 0.333. The van der Waals surface area contributed by atoms with Gasteiger partial charge in [-0.05, 0) is 62.2 Å². The first kappa shape index (κ1) is 24.8. The standard InChI is InChI=1S/C24H23F4N7O2/c1-23(2,37)19-17(25)5-6-18(32-19)35-20-16(21(36)34(35)12-24(26,27)28)11-30-22(33-20)31-15-4-3-13-7-8-29-10-14(13)9-15/h3-6,9,11,29,37H,7-8,10,12H2,1-2H3,(H,30,31,33). The Bertz CT molecular complexity index is 1550. The number of pyridine rings is 1. The van der Waals surface area contributed by atoms with Gasteiger partial charge in [0.05, 0.1) is 0 Å². The molecule has 0 fully saturated rings. The Morgan fingerprint density at radius 1 is 1.14 bits per heavy atom. The molecule has 0 saturated heterocycles. The van der Waals surface area contributed by atoms with Gasteiger partial charge in [0.2, 0.25) is 5.95 Å². The SMILES string of the molecule is CC(C)(O)c1nc(-n2c3nc(Nc4ccc5c(c4)CNCC5)ncc3c(=O)n2CC(F)(F)F)ccc1F. The topological polar surface area (TPSA) is 110 Å². The van der Waals surface area contributed by atoms with E-state index in [9.17, 15) is 27.5 Å². The average Bonchev–Trinajstić information content (AvgIpc) is 3.08. The summed E-state index contributed by atoms with van der Waals surface area (Å²) in [5.41, 5.74) is -0.310. The van der Waals surface area contributed by atoms with Gasteiger partial charge in [0, 0.05) is 18.4 Å². The second kappa shape index (κ2) is 8.92. The van der Waals surface area contributed by atoms with Crippen molar-refractivity contribution in [2.45, 2.75) is 45.1 Å². The van der Waals surface area contributed by atoms with Gasteiger partial charge in [-0.3, -0.25) is 4.79 Å². The maximum atomic E-state index is 14.4. The summed E-state index contributed by atoms with van der Waals surface area (Å²) in [5.74, 6) is -1.03. The van der Waals surface area contributed by atoms with Crippen molar-refractivity contribution in [1.29, 1.82) is 0 Å². The number of rotatable bonds is 5. The van der Waals surface area contributed by atoms with Crippen LogP contribution in [0.2, 0.25) is 0 Å². The van der Waals surface area contributed by atoms with Crippen LogP contribution in [-0.4, -0.2) is 42.1 Å². The summed E-state index contributed by atoms with van der Waals surface area (Å²) in [6, 6.07) is 7.83. The Labute approximate surface area is 207 Å². The number of aliphatic hydroxyl groups is 1. The van der Waals surface area contributed by atoms with Crippen molar-refractivity contribution in [3.63, 3.8) is 0 Å². The van der Waals surface area contributed by atoms with E-state index in [1.54, 1.807) is 0 Å². The Hall–Kier alpha value is -3.84. The molecule has 0 unspecified atom stereocenters. The Balaban J connectivity index is 1.66. The highest BCUT2D eigenvalue weighted by Gasteiger charge is 2.33. The van der Waals surface area contributed by atoms with Gasteiger partial charge in [0.25, 0.3) is 5.56 Å². The van der Waals surface area contributed by atoms with Crippen LogP contribution in [0.3, 0.4) is 0 Å². The van der Waals surface area contributed by atoms with Crippen molar-refractivity contribution in [3.05, 3.63) is 69.5 Å². The number of halogens is 4. The summed E-state index contributed by atoms with van der Waals surface area (Å²) in [6.45, 7) is 2.52. The van der Waals surface area contributed by atoms with Crippen LogP contribution in [0.15, 0.2) is 41.3 Å². The zero-order chi connectivity index (χ0) is 26.5. The van der Waals surface area contributed by atoms with Crippen molar-refractivity contribution < 1.29 is 22.7 Å². The molecule has 4 aromatic rings. The predicted octanol–water partition coefficient (Wildman–Crippen LogP) is 3.30. The summed E-state index contributed by atoms with van der Waals surface area (Å²) >= 11 is 0. The molecule has 1 aromatic carbocycles. The lowest BCUT2D eigenvalue weighted by atomic mass is 10.0. The molecule has 0 spiro atoms. The number of aromatic nitrogens is 5. The molecule has 5 rings (SSSR count). The number of hydrogen-bond acceptors (Lipinski definition) is 7. The molecule has 0 aliphatic carbocycles. The van der Waals surface area contributed by atoms with Gasteiger partial charge in [0.1, 0.15) is 29.0 Å². The second-order valence-corrected chi connectivity index (χ2v) is 9.31. The number of hydrogen-bond donors (Lipinski definition) is 3. The first-order valence-corrected chi connectivity index (χ1v) is 11.5. The third-order valence-electron chi connectivity index (χ3n) is 5.98. The fourth-order valence-electron chi connectivity index (χ4n) is 4.30. The van der Waals surface area contributed by atoms with Crippen LogP contribution in [0.5, 0.6) is 0 Å². The largest absolute Gasteiger partial charge is 0.408 e. The third kappa shape index (κ3) is 4.91. The molecule has 194 valence electrons. The van der Waals surface area contributed by atoms with Gasteiger partial charge in [-0.1, -0.05) is 6.07 Å². The molecule has 0 radical (unpaired) electrons. The van der Waals surface area contributed by atoms with Crippen LogP contribution < -0.4 is 16.2 Å². The van der Waals surface area contributed by atoms with Crippen LogP contribution in [0, 0.1) is 5.82 Å². The lowest BCUT2D eigenvalue weighted by Crippen LogP contribution is -2.31.